The van der Waals surface area contributed by atoms with Crippen LogP contribution in [0, 0.1) is 19.8 Å². The van der Waals surface area contributed by atoms with Crippen molar-refractivity contribution >= 4 is 5.69 Å². The lowest BCUT2D eigenvalue weighted by Crippen LogP contribution is -2.53. The molecule has 0 spiro atoms. The molecule has 0 aromatic carbocycles. The minimum atomic E-state index is 0.556. The molecule has 2 rings (SSSR count). The highest BCUT2D eigenvalue weighted by Crippen LogP contribution is 2.30. The van der Waals surface area contributed by atoms with Crippen LogP contribution in [-0.2, 0) is 0 Å². The van der Waals surface area contributed by atoms with Gasteiger partial charge in [-0.05, 0) is 51.8 Å². The summed E-state index contributed by atoms with van der Waals surface area (Å²) in [5, 5.41) is 3.62. The quantitative estimate of drug-likeness (QED) is 0.907. The first kappa shape index (κ1) is 14.3. The van der Waals surface area contributed by atoms with E-state index in [-0.39, 0.29) is 0 Å². The van der Waals surface area contributed by atoms with E-state index in [1.165, 1.54) is 12.1 Å². The number of aryl methyl sites for hydroxylation is 2. The lowest BCUT2D eigenvalue weighted by Gasteiger charge is -2.44. The van der Waals surface area contributed by atoms with Gasteiger partial charge in [0.1, 0.15) is 0 Å². The van der Waals surface area contributed by atoms with Crippen molar-refractivity contribution in [3.05, 3.63) is 23.5 Å². The molecule has 0 amide bonds. The Morgan fingerprint density at radius 3 is 2.68 bits per heavy atom. The highest BCUT2D eigenvalue weighted by molar-refractivity contribution is 5.52. The normalized spacial score (nSPS) is 27.6. The third-order valence-corrected chi connectivity index (χ3v) is 4.54. The molecule has 2 heterocycles. The zero-order chi connectivity index (χ0) is 14.0. The van der Waals surface area contributed by atoms with Gasteiger partial charge in [-0.2, -0.15) is 0 Å². The highest BCUT2D eigenvalue weighted by Gasteiger charge is 2.32. The summed E-state index contributed by atoms with van der Waals surface area (Å²) in [5.74, 6) is 0.661. The Balaban J connectivity index is 2.18. The first-order chi connectivity index (χ1) is 9.04. The van der Waals surface area contributed by atoms with E-state index in [4.69, 9.17) is 0 Å². The molecule has 3 unspecified atom stereocenters. The van der Waals surface area contributed by atoms with Gasteiger partial charge >= 0.3 is 0 Å². The molecule has 1 fully saturated rings. The van der Waals surface area contributed by atoms with Gasteiger partial charge in [0, 0.05) is 24.3 Å². The van der Waals surface area contributed by atoms with Crippen LogP contribution in [0.4, 0.5) is 5.69 Å². The lowest BCUT2D eigenvalue weighted by atomic mass is 9.86. The fourth-order valence-electron chi connectivity index (χ4n) is 3.24. The zero-order valence-electron chi connectivity index (χ0n) is 12.9. The van der Waals surface area contributed by atoms with Gasteiger partial charge in [-0.3, -0.25) is 4.98 Å². The van der Waals surface area contributed by atoms with E-state index < -0.39 is 0 Å². The topological polar surface area (TPSA) is 28.2 Å². The fraction of sp³-hybridized carbons (Fsp3) is 0.688. The molecule has 1 aliphatic heterocycles. The highest BCUT2D eigenvalue weighted by atomic mass is 15.2. The predicted molar refractivity (Wildman–Crippen MR) is 81.8 cm³/mol. The van der Waals surface area contributed by atoms with Gasteiger partial charge in [-0.1, -0.05) is 13.8 Å². The second-order valence-corrected chi connectivity index (χ2v) is 5.80. The average molecular weight is 261 g/mol. The Morgan fingerprint density at radius 1 is 1.32 bits per heavy atom. The third kappa shape index (κ3) is 2.92. The molecule has 3 heteroatoms. The van der Waals surface area contributed by atoms with Crippen molar-refractivity contribution in [1.29, 1.82) is 0 Å². The molecule has 3 nitrogen and oxygen atoms in total. The molecule has 0 radical (unpaired) electrons. The molecule has 1 saturated heterocycles. The van der Waals surface area contributed by atoms with E-state index in [0.717, 1.165) is 24.5 Å². The summed E-state index contributed by atoms with van der Waals surface area (Å²) in [4.78, 5) is 7.13. The van der Waals surface area contributed by atoms with E-state index in [1.54, 1.807) is 0 Å². The standard InChI is InChI=1S/C16H27N3/c1-6-17-15-9-10-19(14(5)12(15)3)16-8-7-11(2)18-13(16)4/h7-8,12,14-15,17H,6,9-10H2,1-5H3. The number of aromatic nitrogens is 1. The van der Waals surface area contributed by atoms with Gasteiger partial charge in [0.25, 0.3) is 0 Å². The number of hydrogen-bond acceptors (Lipinski definition) is 3. The van der Waals surface area contributed by atoms with Gasteiger partial charge in [0.05, 0.1) is 11.4 Å². The van der Waals surface area contributed by atoms with E-state index in [9.17, 15) is 0 Å². The molecule has 0 saturated carbocycles. The third-order valence-electron chi connectivity index (χ3n) is 4.54. The average Bonchev–Trinajstić information content (AvgIpc) is 2.37. The number of hydrogen-bond donors (Lipinski definition) is 1. The van der Waals surface area contributed by atoms with Crippen LogP contribution < -0.4 is 10.2 Å². The summed E-state index contributed by atoms with van der Waals surface area (Å²) in [5.41, 5.74) is 3.56. The van der Waals surface area contributed by atoms with Crippen molar-refractivity contribution in [2.75, 3.05) is 18.0 Å². The number of pyridine rings is 1. The summed E-state index contributed by atoms with van der Waals surface area (Å²) in [6.07, 6.45) is 1.21. The predicted octanol–water partition coefficient (Wildman–Crippen LogP) is 2.91. The SMILES string of the molecule is CCNC1CCN(c2ccc(C)nc2C)C(C)C1C. The molecule has 1 N–H and O–H groups in total. The maximum absolute atomic E-state index is 4.61. The first-order valence-corrected chi connectivity index (χ1v) is 7.48. The summed E-state index contributed by atoms with van der Waals surface area (Å²) in [7, 11) is 0. The Kier molecular flexibility index (Phi) is 4.46. The molecule has 3 atom stereocenters. The van der Waals surface area contributed by atoms with Crippen molar-refractivity contribution in [2.45, 2.75) is 53.1 Å². The number of piperidine rings is 1. The van der Waals surface area contributed by atoms with E-state index in [2.05, 4.69) is 62.0 Å². The molecule has 1 aliphatic rings. The summed E-state index contributed by atoms with van der Waals surface area (Å²) >= 11 is 0. The van der Waals surface area contributed by atoms with E-state index >= 15 is 0 Å². The van der Waals surface area contributed by atoms with Crippen LogP contribution >= 0.6 is 0 Å². The number of nitrogens with one attached hydrogen (secondary N) is 1. The van der Waals surface area contributed by atoms with Crippen molar-refractivity contribution in [3.63, 3.8) is 0 Å². The summed E-state index contributed by atoms with van der Waals surface area (Å²) in [6.45, 7) is 13.3. The van der Waals surface area contributed by atoms with E-state index in [0.29, 0.717) is 18.0 Å². The van der Waals surface area contributed by atoms with Crippen LogP contribution in [0.25, 0.3) is 0 Å². The largest absolute Gasteiger partial charge is 0.367 e. The van der Waals surface area contributed by atoms with Crippen molar-refractivity contribution in [1.82, 2.24) is 10.3 Å². The van der Waals surface area contributed by atoms with Crippen molar-refractivity contribution in [2.24, 2.45) is 5.92 Å². The Bertz CT molecular complexity index is 430. The lowest BCUT2D eigenvalue weighted by molar-refractivity contribution is 0.274. The molecular weight excluding hydrogens is 234 g/mol. The summed E-state index contributed by atoms with van der Waals surface area (Å²) in [6, 6.07) is 5.56. The Morgan fingerprint density at radius 2 is 2.05 bits per heavy atom. The van der Waals surface area contributed by atoms with E-state index in [1.807, 2.05) is 0 Å². The number of nitrogens with zero attached hydrogens (tertiary/aromatic N) is 2. The Hall–Kier alpha value is -1.09. The van der Waals surface area contributed by atoms with Gasteiger partial charge in [0.2, 0.25) is 0 Å². The zero-order valence-corrected chi connectivity index (χ0v) is 12.9. The first-order valence-electron chi connectivity index (χ1n) is 7.48. The van der Waals surface area contributed by atoms with Crippen molar-refractivity contribution in [3.8, 4) is 0 Å². The molecule has 1 aromatic heterocycles. The molecule has 19 heavy (non-hydrogen) atoms. The van der Waals surface area contributed by atoms with Gasteiger partial charge in [-0.15, -0.1) is 0 Å². The van der Waals surface area contributed by atoms with Crippen LogP contribution in [0.3, 0.4) is 0 Å². The molecule has 1 aromatic rings. The van der Waals surface area contributed by atoms with Gasteiger partial charge < -0.3 is 10.2 Å². The van der Waals surface area contributed by atoms with Crippen LogP contribution in [0.2, 0.25) is 0 Å². The van der Waals surface area contributed by atoms with Crippen molar-refractivity contribution < 1.29 is 0 Å². The molecule has 106 valence electrons. The number of anilines is 1. The Labute approximate surface area is 117 Å². The smallest absolute Gasteiger partial charge is 0.0609 e. The van der Waals surface area contributed by atoms with Crippen LogP contribution in [0.15, 0.2) is 12.1 Å². The number of rotatable bonds is 3. The van der Waals surface area contributed by atoms with Gasteiger partial charge in [0.15, 0.2) is 0 Å². The van der Waals surface area contributed by atoms with Crippen LogP contribution in [0.1, 0.15) is 38.6 Å². The second kappa shape index (κ2) is 5.91. The van der Waals surface area contributed by atoms with Gasteiger partial charge in [-0.25, -0.2) is 0 Å². The minimum Gasteiger partial charge on any atom is -0.367 e. The molecule has 0 bridgehead atoms. The van der Waals surface area contributed by atoms with Crippen LogP contribution in [-0.4, -0.2) is 30.2 Å². The monoisotopic (exact) mass is 261 g/mol. The summed E-state index contributed by atoms with van der Waals surface area (Å²) < 4.78 is 0. The second-order valence-electron chi connectivity index (χ2n) is 5.80. The minimum absolute atomic E-state index is 0.556. The maximum atomic E-state index is 4.61. The molecule has 0 aliphatic carbocycles. The molecular formula is C16H27N3. The fourth-order valence-corrected chi connectivity index (χ4v) is 3.24. The van der Waals surface area contributed by atoms with Crippen LogP contribution in [0.5, 0.6) is 0 Å². The maximum Gasteiger partial charge on any atom is 0.0609 e.